The summed E-state index contributed by atoms with van der Waals surface area (Å²) in [6, 6.07) is 0. The van der Waals surface area contributed by atoms with Gasteiger partial charge in [-0.1, -0.05) is 0 Å². The van der Waals surface area contributed by atoms with Crippen molar-refractivity contribution in [1.29, 1.82) is 0 Å². The number of nitrogens with zero attached hydrogens (tertiary/aromatic N) is 1. The largest absolute Gasteiger partial charge is 0.376 e. The van der Waals surface area contributed by atoms with E-state index in [1.54, 1.807) is 4.90 Å². The number of hydrogen-bond acceptors (Lipinski definition) is 3. The van der Waals surface area contributed by atoms with Gasteiger partial charge in [0, 0.05) is 25.6 Å². The van der Waals surface area contributed by atoms with E-state index >= 15 is 0 Å². The first kappa shape index (κ1) is 13.7. The van der Waals surface area contributed by atoms with Gasteiger partial charge < -0.3 is 10.1 Å². The second kappa shape index (κ2) is 6.43. The Morgan fingerprint density at radius 2 is 2.28 bits per heavy atom. The number of likely N-dealkylation sites (tertiary alicyclic amines) is 1. The number of ether oxygens (including phenoxy) is 1. The molecule has 2 rings (SSSR count). The van der Waals surface area contributed by atoms with Crippen LogP contribution in [0.1, 0.15) is 19.3 Å². The molecule has 0 aromatic heterocycles. The van der Waals surface area contributed by atoms with Crippen LogP contribution in [0.5, 0.6) is 0 Å². The molecule has 0 saturated carbocycles. The Kier molecular flexibility index (Phi) is 4.88. The summed E-state index contributed by atoms with van der Waals surface area (Å²) >= 11 is 0. The Bertz CT molecular complexity index is 283. The smallest absolute Gasteiger partial charge is 0.242 e. The molecule has 2 aliphatic rings. The van der Waals surface area contributed by atoms with Crippen molar-refractivity contribution < 1.29 is 18.3 Å². The van der Waals surface area contributed by atoms with Gasteiger partial charge in [0.15, 0.2) is 0 Å². The van der Waals surface area contributed by atoms with E-state index in [1.807, 2.05) is 0 Å². The molecule has 1 amide bonds. The second-order valence-corrected chi connectivity index (χ2v) is 5.06. The van der Waals surface area contributed by atoms with E-state index in [2.05, 4.69) is 5.32 Å². The monoisotopic (exact) mass is 262 g/mol. The first-order valence-corrected chi connectivity index (χ1v) is 6.54. The first-order chi connectivity index (χ1) is 8.65. The summed E-state index contributed by atoms with van der Waals surface area (Å²) in [5, 5.41) is 2.80. The molecule has 2 saturated heterocycles. The molecular formula is C12H20F2N2O2. The molecule has 4 nitrogen and oxygen atoms in total. The minimum absolute atomic E-state index is 0.0968. The Labute approximate surface area is 106 Å². The van der Waals surface area contributed by atoms with Crippen LogP contribution < -0.4 is 5.32 Å². The molecule has 0 aromatic carbocycles. The zero-order valence-corrected chi connectivity index (χ0v) is 10.4. The molecule has 0 radical (unpaired) electrons. The molecule has 0 aromatic rings. The van der Waals surface area contributed by atoms with E-state index in [0.717, 1.165) is 19.4 Å². The molecular weight excluding hydrogens is 242 g/mol. The van der Waals surface area contributed by atoms with Crippen LogP contribution >= 0.6 is 0 Å². The Hall–Kier alpha value is -0.750. The van der Waals surface area contributed by atoms with Crippen molar-refractivity contribution in [1.82, 2.24) is 10.2 Å². The van der Waals surface area contributed by atoms with Gasteiger partial charge in [-0.05, 0) is 25.8 Å². The highest BCUT2D eigenvalue weighted by Gasteiger charge is 2.30. The molecule has 104 valence electrons. The lowest BCUT2D eigenvalue weighted by Crippen LogP contribution is -2.39. The second-order valence-electron chi connectivity index (χ2n) is 5.06. The van der Waals surface area contributed by atoms with E-state index in [9.17, 15) is 13.6 Å². The quantitative estimate of drug-likeness (QED) is 0.799. The van der Waals surface area contributed by atoms with Gasteiger partial charge in [-0.25, -0.2) is 8.78 Å². The van der Waals surface area contributed by atoms with Crippen molar-refractivity contribution in [3.05, 3.63) is 0 Å². The fourth-order valence-electron chi connectivity index (χ4n) is 2.50. The number of nitrogens with one attached hydrogen (secondary N) is 1. The predicted octanol–water partition coefficient (Wildman–Crippen LogP) is 0.869. The summed E-state index contributed by atoms with van der Waals surface area (Å²) in [4.78, 5) is 13.4. The molecule has 0 spiro atoms. The fraction of sp³-hybridized carbons (Fsp3) is 0.917. The third-order valence-corrected chi connectivity index (χ3v) is 3.58. The maximum Gasteiger partial charge on any atom is 0.242 e. The maximum atomic E-state index is 12.5. The molecule has 2 aliphatic heterocycles. The van der Waals surface area contributed by atoms with Gasteiger partial charge in [0.25, 0.3) is 0 Å². The SMILES string of the molecule is O=C(CN1CCC(C(F)F)C1)NCC1CCCO1. The Morgan fingerprint density at radius 3 is 2.89 bits per heavy atom. The van der Waals surface area contributed by atoms with Crippen LogP contribution in [-0.4, -0.2) is 56.1 Å². The highest BCUT2D eigenvalue weighted by molar-refractivity contribution is 5.78. The number of rotatable bonds is 5. The van der Waals surface area contributed by atoms with Crippen molar-refractivity contribution >= 4 is 5.91 Å². The van der Waals surface area contributed by atoms with Crippen LogP contribution in [-0.2, 0) is 9.53 Å². The predicted molar refractivity (Wildman–Crippen MR) is 62.5 cm³/mol. The molecule has 2 heterocycles. The van der Waals surface area contributed by atoms with Crippen LogP contribution in [0.4, 0.5) is 8.78 Å². The number of carbonyl (C=O) groups excluding carboxylic acids is 1. The van der Waals surface area contributed by atoms with Gasteiger partial charge in [-0.3, -0.25) is 9.69 Å². The van der Waals surface area contributed by atoms with Gasteiger partial charge in [-0.15, -0.1) is 0 Å². The summed E-state index contributed by atoms with van der Waals surface area (Å²) in [6.07, 6.45) is 0.364. The summed E-state index contributed by atoms with van der Waals surface area (Å²) in [5.74, 6) is -0.670. The zero-order chi connectivity index (χ0) is 13.0. The van der Waals surface area contributed by atoms with Gasteiger partial charge in [0.05, 0.1) is 12.6 Å². The number of halogens is 2. The normalized spacial score (nSPS) is 29.1. The highest BCUT2D eigenvalue weighted by atomic mass is 19.3. The van der Waals surface area contributed by atoms with Crippen LogP contribution in [0.2, 0.25) is 0 Å². The van der Waals surface area contributed by atoms with E-state index in [-0.39, 0.29) is 18.6 Å². The molecule has 1 N–H and O–H groups in total. The standard InChI is InChI=1S/C12H20F2N2O2/c13-12(14)9-3-4-16(7-9)8-11(17)15-6-10-2-1-5-18-10/h9-10,12H,1-8H2,(H,15,17). The maximum absolute atomic E-state index is 12.5. The van der Waals surface area contributed by atoms with Crippen molar-refractivity contribution in [2.75, 3.05) is 32.8 Å². The molecule has 0 aliphatic carbocycles. The molecule has 6 heteroatoms. The topological polar surface area (TPSA) is 41.6 Å². The minimum Gasteiger partial charge on any atom is -0.376 e. The first-order valence-electron chi connectivity index (χ1n) is 6.54. The average molecular weight is 262 g/mol. The Morgan fingerprint density at radius 1 is 1.44 bits per heavy atom. The summed E-state index contributed by atoms with van der Waals surface area (Å²) in [7, 11) is 0. The summed E-state index contributed by atoms with van der Waals surface area (Å²) in [6.45, 7) is 2.43. The van der Waals surface area contributed by atoms with Crippen LogP contribution in [0.3, 0.4) is 0 Å². The number of amides is 1. The van der Waals surface area contributed by atoms with Gasteiger partial charge in [0.2, 0.25) is 12.3 Å². The van der Waals surface area contributed by atoms with E-state index < -0.39 is 12.3 Å². The summed E-state index contributed by atoms with van der Waals surface area (Å²) < 4.78 is 30.3. The lowest BCUT2D eigenvalue weighted by Gasteiger charge is -2.16. The number of alkyl halides is 2. The molecule has 2 unspecified atom stereocenters. The average Bonchev–Trinajstić information content (AvgIpc) is 2.96. The van der Waals surface area contributed by atoms with Crippen molar-refractivity contribution in [3.8, 4) is 0 Å². The minimum atomic E-state index is -2.27. The lowest BCUT2D eigenvalue weighted by atomic mass is 10.1. The lowest BCUT2D eigenvalue weighted by molar-refractivity contribution is -0.122. The van der Waals surface area contributed by atoms with Crippen LogP contribution in [0.15, 0.2) is 0 Å². The summed E-state index contributed by atoms with van der Waals surface area (Å²) in [5.41, 5.74) is 0. The van der Waals surface area contributed by atoms with E-state index in [4.69, 9.17) is 4.74 Å². The Balaban J connectivity index is 1.62. The number of hydrogen-bond donors (Lipinski definition) is 1. The van der Waals surface area contributed by atoms with Gasteiger partial charge in [-0.2, -0.15) is 0 Å². The molecule has 18 heavy (non-hydrogen) atoms. The van der Waals surface area contributed by atoms with Gasteiger partial charge in [0.1, 0.15) is 0 Å². The van der Waals surface area contributed by atoms with E-state index in [1.165, 1.54) is 0 Å². The zero-order valence-electron chi connectivity index (χ0n) is 10.4. The molecule has 2 atom stereocenters. The fourth-order valence-corrected chi connectivity index (χ4v) is 2.50. The number of carbonyl (C=O) groups is 1. The van der Waals surface area contributed by atoms with Crippen molar-refractivity contribution in [2.45, 2.75) is 31.8 Å². The van der Waals surface area contributed by atoms with E-state index in [0.29, 0.717) is 26.1 Å². The molecule has 0 bridgehead atoms. The van der Waals surface area contributed by atoms with Crippen LogP contribution in [0, 0.1) is 5.92 Å². The van der Waals surface area contributed by atoms with Crippen molar-refractivity contribution in [2.24, 2.45) is 5.92 Å². The van der Waals surface area contributed by atoms with Gasteiger partial charge >= 0.3 is 0 Å². The molecule has 2 fully saturated rings. The van der Waals surface area contributed by atoms with Crippen molar-refractivity contribution in [3.63, 3.8) is 0 Å². The third-order valence-electron chi connectivity index (χ3n) is 3.58. The highest BCUT2D eigenvalue weighted by Crippen LogP contribution is 2.22. The third kappa shape index (κ3) is 3.88. The van der Waals surface area contributed by atoms with Crippen LogP contribution in [0.25, 0.3) is 0 Å².